The summed E-state index contributed by atoms with van der Waals surface area (Å²) in [6, 6.07) is 0. The van der Waals surface area contributed by atoms with Gasteiger partial charge in [-0.05, 0) is 0 Å². The molecule has 2 nitrogen and oxygen atoms in total. The van der Waals surface area contributed by atoms with Crippen LogP contribution in [-0.4, -0.2) is 0 Å². The molecular weight excluding hydrogens is 380 g/mol. The van der Waals surface area contributed by atoms with E-state index in [4.69, 9.17) is 0 Å². The molecule has 0 unspecified atom stereocenters. The summed E-state index contributed by atoms with van der Waals surface area (Å²) in [7, 11) is 0. The molecule has 8 heavy (non-hydrogen) atoms. The Morgan fingerprint density at radius 3 is 0.375 bits per heavy atom. The molecule has 0 saturated heterocycles. The van der Waals surface area contributed by atoms with Crippen LogP contribution >= 0.6 is 0 Å². The third-order valence-electron chi connectivity index (χ3n) is 0. The van der Waals surface area contributed by atoms with Crippen molar-refractivity contribution in [2.75, 3.05) is 0 Å². The Hall–Kier alpha value is 2.88. The minimum atomic E-state index is 0. The van der Waals surface area contributed by atoms with E-state index in [9.17, 15) is 0 Å². The van der Waals surface area contributed by atoms with Gasteiger partial charge in [-0.1, -0.05) is 0 Å². The first kappa shape index (κ1) is 128. The van der Waals surface area contributed by atoms with Gasteiger partial charge in [-0.2, -0.15) is 0 Å². The normalized spacial score (nSPS) is 0. The summed E-state index contributed by atoms with van der Waals surface area (Å²) >= 11 is 0. The fourth-order valence-electron chi connectivity index (χ4n) is 0. The van der Waals surface area contributed by atoms with E-state index >= 15 is 0 Å². The van der Waals surface area contributed by atoms with Crippen molar-refractivity contribution < 1.29 is 98.9 Å². The van der Waals surface area contributed by atoms with Gasteiger partial charge in [-0.3, -0.25) is 0 Å². The van der Waals surface area contributed by atoms with Crippen LogP contribution in [0.3, 0.4) is 0 Å². The second-order valence-electron chi connectivity index (χ2n) is 0. The van der Waals surface area contributed by atoms with Crippen molar-refractivity contribution in [3.63, 3.8) is 0 Å². The van der Waals surface area contributed by atoms with Crippen molar-refractivity contribution >= 4 is 0 Å². The zero-order chi connectivity index (χ0) is 0. The van der Waals surface area contributed by atoms with Gasteiger partial charge in [0.25, 0.3) is 0 Å². The molecule has 8 heteroatoms. The molecule has 0 aromatic rings. The molecule has 0 N–H and O–H groups in total. The Kier molecular flexibility index (Phi) is 1500. The van der Waals surface area contributed by atoms with Gasteiger partial charge in [0.05, 0.1) is 0 Å². The molecule has 0 aliphatic rings. The van der Waals surface area contributed by atoms with Gasteiger partial charge in [0.15, 0.2) is 0 Å². The maximum Gasteiger partial charge on any atom is 2.00 e. The number of rotatable bonds is 0. The van der Waals surface area contributed by atoms with Crippen LogP contribution in [0, 0.1) is 0 Å². The average Bonchev–Trinajstić information content (AvgIpc) is 0. The standard InChI is InChI=1S/2N.6Ni/q2*-3;;;;3*+2. The predicted octanol–water partition coefficient (Wildman–Crippen LogP) is 0.562. The molecule has 0 amide bonds. The average molecular weight is 380 g/mol. The van der Waals surface area contributed by atoms with E-state index in [1.165, 1.54) is 0 Å². The monoisotopic (exact) mass is 376 g/mol. The topological polar surface area (TPSA) is 61.0 Å². The molecule has 0 bridgehead atoms. The maximum absolute atomic E-state index is 0. The largest absolute Gasteiger partial charge is 3.00 e. The molecule has 0 heterocycles. The van der Waals surface area contributed by atoms with E-state index in [0.717, 1.165) is 0 Å². The summed E-state index contributed by atoms with van der Waals surface area (Å²) in [5.74, 6) is 0. The molecule has 0 aliphatic carbocycles. The van der Waals surface area contributed by atoms with Gasteiger partial charge in [0.1, 0.15) is 0 Å². The van der Waals surface area contributed by atoms with E-state index in [1.807, 2.05) is 0 Å². The summed E-state index contributed by atoms with van der Waals surface area (Å²) < 4.78 is 0. The van der Waals surface area contributed by atoms with Crippen LogP contribution in [0.25, 0.3) is 12.3 Å². The Balaban J connectivity index is 0. The molecule has 0 rings (SSSR count). The smallest absolute Gasteiger partial charge is 2.00 e. The molecular formula is N2Ni6. The minimum absolute atomic E-state index is 0. The fourth-order valence-corrected chi connectivity index (χ4v) is 0. The van der Waals surface area contributed by atoms with Crippen LogP contribution in [0.4, 0.5) is 0 Å². The quantitative estimate of drug-likeness (QED) is 0.552. The molecule has 0 fully saturated rings. The van der Waals surface area contributed by atoms with Gasteiger partial charge >= 0.3 is 49.5 Å². The van der Waals surface area contributed by atoms with Gasteiger partial charge < -0.3 is 12.3 Å². The summed E-state index contributed by atoms with van der Waals surface area (Å²) in [5, 5.41) is 0. The van der Waals surface area contributed by atoms with Crippen molar-refractivity contribution in [1.29, 1.82) is 0 Å². The second kappa shape index (κ2) is 93.9. The van der Waals surface area contributed by atoms with Gasteiger partial charge in [0, 0.05) is 49.5 Å². The van der Waals surface area contributed by atoms with Crippen molar-refractivity contribution in [3.8, 4) is 0 Å². The molecule has 0 atom stereocenters. The molecule has 70 valence electrons. The van der Waals surface area contributed by atoms with Crippen LogP contribution < -0.4 is 0 Å². The zero-order valence-electron chi connectivity index (χ0n) is 2.79. The molecule has 0 aromatic heterocycles. The SMILES string of the molecule is [N-3].[N-3].[Ni+2].[Ni+2].[Ni+2].[Ni].[Ni].[Ni]. The van der Waals surface area contributed by atoms with Crippen molar-refractivity contribution in [1.82, 2.24) is 0 Å². The summed E-state index contributed by atoms with van der Waals surface area (Å²) in [5.41, 5.74) is 0. The van der Waals surface area contributed by atoms with Crippen LogP contribution in [0.2, 0.25) is 0 Å². The number of hydrogen-bond donors (Lipinski definition) is 0. The third-order valence-corrected chi connectivity index (χ3v) is 0. The Morgan fingerprint density at radius 2 is 0.375 bits per heavy atom. The Bertz CT molecular complexity index is 6.49. The van der Waals surface area contributed by atoms with E-state index in [2.05, 4.69) is 0 Å². The summed E-state index contributed by atoms with van der Waals surface area (Å²) in [6.07, 6.45) is 0. The molecule has 0 saturated carbocycles. The summed E-state index contributed by atoms with van der Waals surface area (Å²) in [6.45, 7) is 0. The maximum atomic E-state index is 0. The summed E-state index contributed by atoms with van der Waals surface area (Å²) in [4.78, 5) is 0. The predicted molar refractivity (Wildman–Crippen MR) is 6.72 cm³/mol. The number of hydrogen-bond acceptors (Lipinski definition) is 0. The van der Waals surface area contributed by atoms with Crippen LogP contribution in [0.1, 0.15) is 0 Å². The van der Waals surface area contributed by atoms with Crippen molar-refractivity contribution in [2.45, 2.75) is 0 Å². The van der Waals surface area contributed by atoms with Crippen LogP contribution in [0.15, 0.2) is 0 Å². The Morgan fingerprint density at radius 1 is 0.375 bits per heavy atom. The van der Waals surface area contributed by atoms with E-state index in [-0.39, 0.29) is 111 Å². The molecule has 0 radical (unpaired) electrons. The van der Waals surface area contributed by atoms with Gasteiger partial charge in [-0.15, -0.1) is 0 Å². The first-order chi connectivity index (χ1) is 0. The zero-order valence-corrected chi connectivity index (χ0v) is 8.72. The van der Waals surface area contributed by atoms with E-state index in [0.29, 0.717) is 0 Å². The number of nitrogens with zero attached hydrogens (tertiary/aromatic N) is 2. The first-order valence-corrected chi connectivity index (χ1v) is 0. The Labute approximate surface area is 110 Å². The molecule has 0 aromatic carbocycles. The minimum Gasteiger partial charge on any atom is -3.00 e. The van der Waals surface area contributed by atoms with Gasteiger partial charge in [0.2, 0.25) is 0 Å². The third kappa shape index (κ3) is 66.5. The van der Waals surface area contributed by atoms with Crippen molar-refractivity contribution in [2.24, 2.45) is 0 Å². The fraction of sp³-hybridized carbons (Fsp3) is 0. The van der Waals surface area contributed by atoms with Crippen LogP contribution in [-0.2, 0) is 98.9 Å². The molecule has 0 spiro atoms. The first-order valence-electron chi connectivity index (χ1n) is 0. The molecule has 0 aliphatic heterocycles. The van der Waals surface area contributed by atoms with Gasteiger partial charge in [-0.25, -0.2) is 0 Å². The van der Waals surface area contributed by atoms with Crippen molar-refractivity contribution in [3.05, 3.63) is 12.3 Å². The van der Waals surface area contributed by atoms with E-state index < -0.39 is 0 Å². The van der Waals surface area contributed by atoms with E-state index in [1.54, 1.807) is 0 Å². The van der Waals surface area contributed by atoms with Crippen LogP contribution in [0.5, 0.6) is 0 Å². The second-order valence-corrected chi connectivity index (χ2v) is 0.